The summed E-state index contributed by atoms with van der Waals surface area (Å²) in [5.74, 6) is 0.443. The Morgan fingerprint density at radius 2 is 1.50 bits per heavy atom. The summed E-state index contributed by atoms with van der Waals surface area (Å²) >= 11 is 0. The minimum absolute atomic E-state index is 0.0147. The number of benzene rings is 1. The van der Waals surface area contributed by atoms with E-state index < -0.39 is 0 Å². The fourth-order valence-corrected chi connectivity index (χ4v) is 1.53. The molecule has 0 amide bonds. The lowest BCUT2D eigenvalue weighted by molar-refractivity contribution is 0.442. The molecule has 0 saturated carbocycles. The summed E-state index contributed by atoms with van der Waals surface area (Å²) in [5, 5.41) is 12.6. The number of phenols is 1. The molecular weight excluding hydrogens is 198 g/mol. The van der Waals surface area contributed by atoms with Gasteiger partial charge in [0.15, 0.2) is 0 Å². The fourth-order valence-electron chi connectivity index (χ4n) is 1.53. The first kappa shape index (κ1) is 15.0. The van der Waals surface area contributed by atoms with Crippen molar-refractivity contribution in [3.05, 3.63) is 28.8 Å². The standard InChI is InChI=1S/C12H18O.C2H7N/c1-8-6-9(2)11(13)10(7-8)12(3,4)5;1-3-2/h6-7,13H,1-5H3;3H,1-2H3. The minimum atomic E-state index is 0.0147. The van der Waals surface area contributed by atoms with Crippen LogP contribution in [0.2, 0.25) is 0 Å². The van der Waals surface area contributed by atoms with Gasteiger partial charge in [-0.2, -0.15) is 0 Å². The van der Waals surface area contributed by atoms with Crippen molar-refractivity contribution in [2.24, 2.45) is 0 Å². The third kappa shape index (κ3) is 4.23. The molecule has 0 saturated heterocycles. The predicted octanol–water partition coefficient (Wildman–Crippen LogP) is 3.14. The van der Waals surface area contributed by atoms with E-state index in [4.69, 9.17) is 0 Å². The van der Waals surface area contributed by atoms with Gasteiger partial charge in [-0.15, -0.1) is 0 Å². The summed E-state index contributed by atoms with van der Waals surface area (Å²) in [4.78, 5) is 0. The average Bonchev–Trinajstić information content (AvgIpc) is 2.10. The van der Waals surface area contributed by atoms with Gasteiger partial charge in [-0.25, -0.2) is 0 Å². The smallest absolute Gasteiger partial charge is 0.122 e. The molecule has 0 fully saturated rings. The molecule has 0 heterocycles. The van der Waals surface area contributed by atoms with Gasteiger partial charge in [-0.3, -0.25) is 0 Å². The molecule has 16 heavy (non-hydrogen) atoms. The van der Waals surface area contributed by atoms with E-state index in [1.165, 1.54) is 5.56 Å². The summed E-state index contributed by atoms with van der Waals surface area (Å²) < 4.78 is 0. The van der Waals surface area contributed by atoms with Gasteiger partial charge in [0, 0.05) is 0 Å². The lowest BCUT2D eigenvalue weighted by atomic mass is 9.84. The van der Waals surface area contributed by atoms with Gasteiger partial charge in [-0.05, 0) is 44.5 Å². The van der Waals surface area contributed by atoms with E-state index in [0.29, 0.717) is 5.75 Å². The first-order valence-corrected chi connectivity index (χ1v) is 5.63. The molecule has 1 aromatic rings. The fraction of sp³-hybridized carbons (Fsp3) is 0.571. The van der Waals surface area contributed by atoms with Crippen molar-refractivity contribution < 1.29 is 5.11 Å². The van der Waals surface area contributed by atoms with Crippen molar-refractivity contribution in [3.8, 4) is 5.75 Å². The van der Waals surface area contributed by atoms with E-state index in [2.05, 4.69) is 39.1 Å². The zero-order valence-electron chi connectivity index (χ0n) is 11.6. The SMILES string of the molecule is CNC.Cc1cc(C)c(O)c(C(C)(C)C)c1. The van der Waals surface area contributed by atoms with Gasteiger partial charge in [-0.1, -0.05) is 38.5 Å². The van der Waals surface area contributed by atoms with Crippen LogP contribution < -0.4 is 5.32 Å². The van der Waals surface area contributed by atoms with Crippen molar-refractivity contribution in [1.82, 2.24) is 5.32 Å². The number of hydrogen-bond acceptors (Lipinski definition) is 2. The van der Waals surface area contributed by atoms with Gasteiger partial charge in [0.1, 0.15) is 5.75 Å². The van der Waals surface area contributed by atoms with Crippen LogP contribution in [0.1, 0.15) is 37.5 Å². The molecule has 2 nitrogen and oxygen atoms in total. The van der Waals surface area contributed by atoms with Gasteiger partial charge in [0.05, 0.1) is 0 Å². The monoisotopic (exact) mass is 223 g/mol. The molecule has 0 unspecified atom stereocenters. The number of aryl methyl sites for hydroxylation is 2. The van der Waals surface area contributed by atoms with Crippen LogP contribution >= 0.6 is 0 Å². The van der Waals surface area contributed by atoms with E-state index in [-0.39, 0.29) is 5.41 Å². The highest BCUT2D eigenvalue weighted by Gasteiger charge is 2.19. The summed E-state index contributed by atoms with van der Waals surface area (Å²) in [6, 6.07) is 4.06. The van der Waals surface area contributed by atoms with E-state index >= 15 is 0 Å². The minimum Gasteiger partial charge on any atom is -0.507 e. The Morgan fingerprint density at radius 3 is 1.88 bits per heavy atom. The van der Waals surface area contributed by atoms with Crippen LogP contribution in [-0.2, 0) is 5.41 Å². The molecule has 1 aromatic carbocycles. The number of aromatic hydroxyl groups is 1. The van der Waals surface area contributed by atoms with Crippen LogP contribution in [-0.4, -0.2) is 19.2 Å². The Kier molecular flexibility index (Phi) is 5.52. The van der Waals surface area contributed by atoms with Crippen molar-refractivity contribution in [1.29, 1.82) is 0 Å². The van der Waals surface area contributed by atoms with Gasteiger partial charge >= 0.3 is 0 Å². The Labute approximate surface area is 99.7 Å². The first-order chi connectivity index (χ1) is 7.23. The predicted molar refractivity (Wildman–Crippen MR) is 71.3 cm³/mol. The molecular formula is C14H25NO. The largest absolute Gasteiger partial charge is 0.507 e. The summed E-state index contributed by atoms with van der Waals surface area (Å²) in [6.45, 7) is 10.3. The second-order valence-corrected chi connectivity index (χ2v) is 5.23. The molecule has 0 bridgehead atoms. The van der Waals surface area contributed by atoms with E-state index in [1.807, 2.05) is 27.1 Å². The second-order valence-electron chi connectivity index (χ2n) is 5.23. The zero-order valence-corrected chi connectivity index (χ0v) is 11.6. The molecule has 2 heteroatoms. The molecule has 0 atom stereocenters. The van der Waals surface area contributed by atoms with E-state index in [0.717, 1.165) is 11.1 Å². The van der Waals surface area contributed by atoms with Crippen LogP contribution in [0.4, 0.5) is 0 Å². The maximum Gasteiger partial charge on any atom is 0.122 e. The second kappa shape index (κ2) is 5.90. The van der Waals surface area contributed by atoms with Gasteiger partial charge in [0.2, 0.25) is 0 Å². The van der Waals surface area contributed by atoms with Crippen LogP contribution in [0, 0.1) is 13.8 Å². The summed E-state index contributed by atoms with van der Waals surface area (Å²) in [5.41, 5.74) is 3.22. The van der Waals surface area contributed by atoms with Gasteiger partial charge in [0.25, 0.3) is 0 Å². The lowest BCUT2D eigenvalue weighted by Crippen LogP contribution is -2.12. The molecule has 1 rings (SSSR count). The van der Waals surface area contributed by atoms with E-state index in [9.17, 15) is 5.11 Å². The van der Waals surface area contributed by atoms with Crippen LogP contribution in [0.5, 0.6) is 5.75 Å². The molecule has 0 aromatic heterocycles. The maximum atomic E-state index is 9.86. The van der Waals surface area contributed by atoms with Gasteiger partial charge < -0.3 is 10.4 Å². The third-order valence-electron chi connectivity index (χ3n) is 2.25. The van der Waals surface area contributed by atoms with E-state index in [1.54, 1.807) is 0 Å². The number of phenolic OH excluding ortho intramolecular Hbond substituents is 1. The maximum absolute atomic E-state index is 9.86. The number of nitrogens with one attached hydrogen (secondary N) is 1. The molecule has 0 aliphatic heterocycles. The van der Waals surface area contributed by atoms with Crippen LogP contribution in [0.15, 0.2) is 12.1 Å². The molecule has 2 N–H and O–H groups in total. The average molecular weight is 223 g/mol. The highest BCUT2D eigenvalue weighted by atomic mass is 16.3. The molecule has 92 valence electrons. The zero-order chi connectivity index (χ0) is 12.9. The Hall–Kier alpha value is -1.02. The lowest BCUT2D eigenvalue weighted by Gasteiger charge is -2.22. The number of rotatable bonds is 0. The Morgan fingerprint density at radius 1 is 1.06 bits per heavy atom. The summed E-state index contributed by atoms with van der Waals surface area (Å²) in [7, 11) is 3.75. The van der Waals surface area contributed by atoms with Crippen LogP contribution in [0.3, 0.4) is 0 Å². The van der Waals surface area contributed by atoms with Crippen molar-refractivity contribution >= 4 is 0 Å². The third-order valence-corrected chi connectivity index (χ3v) is 2.25. The van der Waals surface area contributed by atoms with Crippen molar-refractivity contribution in [2.75, 3.05) is 14.1 Å². The van der Waals surface area contributed by atoms with Crippen molar-refractivity contribution in [2.45, 2.75) is 40.0 Å². The number of hydrogen-bond donors (Lipinski definition) is 2. The highest BCUT2D eigenvalue weighted by molar-refractivity contribution is 5.45. The topological polar surface area (TPSA) is 32.3 Å². The molecule has 0 spiro atoms. The van der Waals surface area contributed by atoms with Crippen molar-refractivity contribution in [3.63, 3.8) is 0 Å². The quantitative estimate of drug-likeness (QED) is 0.708. The van der Waals surface area contributed by atoms with Crippen LogP contribution in [0.25, 0.3) is 0 Å². The Bertz CT molecular complexity index is 337. The first-order valence-electron chi connectivity index (χ1n) is 5.63. The Balaban J connectivity index is 0.000000673. The summed E-state index contributed by atoms with van der Waals surface area (Å²) in [6.07, 6.45) is 0. The molecule has 0 aliphatic carbocycles. The highest BCUT2D eigenvalue weighted by Crippen LogP contribution is 2.33. The molecule has 0 aliphatic rings. The normalized spacial score (nSPS) is 10.7. The molecule has 0 radical (unpaired) electrons.